The van der Waals surface area contributed by atoms with Gasteiger partial charge in [-0.05, 0) is 75.9 Å². The Bertz CT molecular complexity index is 758. The molecule has 1 aromatic heterocycles. The number of aliphatic hydroxyl groups excluding tert-OH is 1. The minimum Gasteiger partial charge on any atom is -0.465 e. The summed E-state index contributed by atoms with van der Waals surface area (Å²) in [7, 11) is 0. The van der Waals surface area contributed by atoms with E-state index in [1.807, 2.05) is 6.07 Å². The average Bonchev–Trinajstić information content (AvgIpc) is 3.41. The number of benzene rings is 1. The van der Waals surface area contributed by atoms with E-state index in [-0.39, 0.29) is 6.10 Å². The van der Waals surface area contributed by atoms with Crippen molar-refractivity contribution in [3.05, 3.63) is 46.3 Å². The SMILES string of the molecule is Cc1ccc(-c2ccc(Cl)s2)cc1.O=C(O)NCCC1CCNCC1.OC1CCNC1. The van der Waals surface area contributed by atoms with Crippen LogP contribution in [0.5, 0.6) is 0 Å². The number of nitrogens with one attached hydrogen (secondary N) is 3. The average molecular weight is 468 g/mol. The molecule has 6 nitrogen and oxygen atoms in total. The number of halogens is 1. The maximum atomic E-state index is 10.1. The Morgan fingerprint density at radius 1 is 1.10 bits per heavy atom. The van der Waals surface area contributed by atoms with E-state index in [0.29, 0.717) is 12.5 Å². The molecule has 31 heavy (non-hydrogen) atoms. The molecule has 0 spiro atoms. The van der Waals surface area contributed by atoms with Gasteiger partial charge in [-0.2, -0.15) is 0 Å². The fraction of sp³-hybridized carbons (Fsp3) is 0.522. The first-order chi connectivity index (χ1) is 14.9. The summed E-state index contributed by atoms with van der Waals surface area (Å²) in [6, 6.07) is 12.5. The number of hydrogen-bond acceptors (Lipinski definition) is 5. The summed E-state index contributed by atoms with van der Waals surface area (Å²) in [6.07, 6.45) is 3.30. The van der Waals surface area contributed by atoms with Crippen molar-refractivity contribution in [3.63, 3.8) is 0 Å². The molecule has 1 unspecified atom stereocenters. The van der Waals surface area contributed by atoms with Crippen molar-refractivity contribution in [1.29, 1.82) is 0 Å². The number of piperidine rings is 1. The van der Waals surface area contributed by atoms with Crippen LogP contribution in [0.2, 0.25) is 4.34 Å². The molecular weight excluding hydrogens is 434 g/mol. The monoisotopic (exact) mass is 467 g/mol. The number of carbonyl (C=O) groups is 1. The second-order valence-electron chi connectivity index (χ2n) is 7.83. The molecule has 0 aliphatic carbocycles. The number of aryl methyl sites for hydroxylation is 1. The molecular formula is C23H34ClN3O3S. The first-order valence-corrected chi connectivity index (χ1v) is 12.0. The van der Waals surface area contributed by atoms with Crippen molar-refractivity contribution < 1.29 is 15.0 Å². The van der Waals surface area contributed by atoms with Crippen LogP contribution in [0.1, 0.15) is 31.2 Å². The highest BCUT2D eigenvalue weighted by Crippen LogP contribution is 2.30. The summed E-state index contributed by atoms with van der Waals surface area (Å²) in [5.74, 6) is 0.707. The Morgan fingerprint density at radius 3 is 2.26 bits per heavy atom. The van der Waals surface area contributed by atoms with E-state index in [9.17, 15) is 4.79 Å². The zero-order chi connectivity index (χ0) is 22.5. The highest BCUT2D eigenvalue weighted by Gasteiger charge is 2.12. The minimum absolute atomic E-state index is 0.0648. The molecule has 2 fully saturated rings. The predicted molar refractivity (Wildman–Crippen MR) is 129 cm³/mol. The lowest BCUT2D eigenvalue weighted by molar-refractivity contribution is 0.193. The maximum Gasteiger partial charge on any atom is 0.404 e. The van der Waals surface area contributed by atoms with Crippen LogP contribution in [0.4, 0.5) is 4.79 Å². The second kappa shape index (κ2) is 14.4. The third-order valence-corrected chi connectivity index (χ3v) is 6.51. The van der Waals surface area contributed by atoms with Gasteiger partial charge in [0, 0.05) is 18.0 Å². The summed E-state index contributed by atoms with van der Waals surface area (Å²) in [4.78, 5) is 11.3. The van der Waals surface area contributed by atoms with Gasteiger partial charge in [0.15, 0.2) is 0 Å². The van der Waals surface area contributed by atoms with Crippen LogP contribution in [0, 0.1) is 12.8 Å². The fourth-order valence-electron chi connectivity index (χ4n) is 3.38. The topological polar surface area (TPSA) is 93.6 Å². The van der Waals surface area contributed by atoms with Gasteiger partial charge in [0.2, 0.25) is 0 Å². The van der Waals surface area contributed by atoms with E-state index in [2.05, 4.69) is 53.2 Å². The van der Waals surface area contributed by atoms with Gasteiger partial charge >= 0.3 is 6.09 Å². The number of aliphatic hydroxyl groups is 1. The lowest BCUT2D eigenvalue weighted by Gasteiger charge is -2.22. The number of thiophene rings is 1. The molecule has 1 atom stereocenters. The molecule has 1 amide bonds. The summed E-state index contributed by atoms with van der Waals surface area (Å²) in [5, 5.41) is 25.7. The highest BCUT2D eigenvalue weighted by atomic mass is 35.5. The van der Waals surface area contributed by atoms with Gasteiger partial charge in [-0.15, -0.1) is 11.3 Å². The van der Waals surface area contributed by atoms with E-state index in [1.54, 1.807) is 11.3 Å². The van der Waals surface area contributed by atoms with Crippen molar-refractivity contribution in [2.75, 3.05) is 32.7 Å². The van der Waals surface area contributed by atoms with Crippen molar-refractivity contribution >= 4 is 29.0 Å². The zero-order valence-corrected chi connectivity index (χ0v) is 19.6. The molecule has 2 saturated heterocycles. The molecule has 3 heterocycles. The smallest absolute Gasteiger partial charge is 0.404 e. The Kier molecular flexibility index (Phi) is 11.9. The number of rotatable bonds is 4. The number of amides is 1. The fourth-order valence-corrected chi connectivity index (χ4v) is 4.43. The van der Waals surface area contributed by atoms with Crippen molar-refractivity contribution in [2.45, 2.75) is 38.7 Å². The largest absolute Gasteiger partial charge is 0.465 e. The highest BCUT2D eigenvalue weighted by molar-refractivity contribution is 7.19. The molecule has 1 aromatic carbocycles. The Labute approximate surface area is 194 Å². The zero-order valence-electron chi connectivity index (χ0n) is 18.1. The van der Waals surface area contributed by atoms with Crippen LogP contribution in [-0.2, 0) is 0 Å². The van der Waals surface area contributed by atoms with Crippen LogP contribution in [0.25, 0.3) is 10.4 Å². The third kappa shape index (κ3) is 11.0. The van der Waals surface area contributed by atoms with E-state index in [4.69, 9.17) is 21.8 Å². The summed E-state index contributed by atoms with van der Waals surface area (Å²) in [6.45, 7) is 6.63. The molecule has 2 aromatic rings. The number of β-amino-alcohol motifs (C(OH)–C–C–N with tert-alkyl or cyclic N) is 1. The Morgan fingerprint density at radius 2 is 1.77 bits per heavy atom. The van der Waals surface area contributed by atoms with Crippen molar-refractivity contribution in [2.24, 2.45) is 5.92 Å². The summed E-state index contributed by atoms with van der Waals surface area (Å²) >= 11 is 7.47. The molecule has 2 aliphatic rings. The number of hydrogen-bond donors (Lipinski definition) is 5. The van der Waals surface area contributed by atoms with Gasteiger partial charge in [-0.1, -0.05) is 41.4 Å². The van der Waals surface area contributed by atoms with Crippen LogP contribution in [-0.4, -0.2) is 55.1 Å². The van der Waals surface area contributed by atoms with Crippen molar-refractivity contribution in [1.82, 2.24) is 16.0 Å². The van der Waals surface area contributed by atoms with E-state index in [1.165, 1.54) is 28.8 Å². The van der Waals surface area contributed by atoms with Gasteiger partial charge in [0.05, 0.1) is 10.4 Å². The van der Waals surface area contributed by atoms with E-state index < -0.39 is 6.09 Å². The van der Waals surface area contributed by atoms with Gasteiger partial charge in [0.1, 0.15) is 0 Å². The summed E-state index contributed by atoms with van der Waals surface area (Å²) < 4.78 is 0.843. The first kappa shape index (κ1) is 25.6. The molecule has 172 valence electrons. The van der Waals surface area contributed by atoms with Gasteiger partial charge in [-0.3, -0.25) is 0 Å². The third-order valence-electron chi connectivity index (χ3n) is 5.23. The lowest BCUT2D eigenvalue weighted by Crippen LogP contribution is -2.30. The molecule has 0 saturated carbocycles. The second-order valence-corrected chi connectivity index (χ2v) is 9.55. The van der Waals surface area contributed by atoms with Crippen molar-refractivity contribution in [3.8, 4) is 10.4 Å². The van der Waals surface area contributed by atoms with Crippen LogP contribution < -0.4 is 16.0 Å². The first-order valence-electron chi connectivity index (χ1n) is 10.8. The maximum absolute atomic E-state index is 10.1. The molecule has 5 N–H and O–H groups in total. The van der Waals surface area contributed by atoms with E-state index in [0.717, 1.165) is 43.4 Å². The Hall–Kier alpha value is -1.64. The normalized spacial score (nSPS) is 18.4. The van der Waals surface area contributed by atoms with Crippen LogP contribution >= 0.6 is 22.9 Å². The quantitative estimate of drug-likeness (QED) is 0.460. The molecule has 4 rings (SSSR count). The van der Waals surface area contributed by atoms with Crippen LogP contribution in [0.15, 0.2) is 36.4 Å². The van der Waals surface area contributed by atoms with Gasteiger partial charge in [-0.25, -0.2) is 4.79 Å². The molecule has 8 heteroatoms. The lowest BCUT2D eigenvalue weighted by atomic mass is 9.95. The number of carboxylic acid groups (broad SMARTS) is 1. The minimum atomic E-state index is -0.913. The molecule has 0 bridgehead atoms. The molecule has 0 radical (unpaired) electrons. The van der Waals surface area contributed by atoms with E-state index >= 15 is 0 Å². The standard InChI is InChI=1S/C11H9ClS.C8H16N2O2.C4H9NO/c1-8-2-4-9(5-3-8)10-6-7-11(12)13-10;11-8(12)10-6-3-7-1-4-9-5-2-7;6-4-1-2-5-3-4/h2-7H,1H3;7,9-10H,1-6H2,(H,11,12);4-6H,1-3H2. The molecule has 2 aliphatic heterocycles. The van der Waals surface area contributed by atoms with Gasteiger partial charge < -0.3 is 26.2 Å². The predicted octanol–water partition coefficient (Wildman–Crippen LogP) is 4.36. The summed E-state index contributed by atoms with van der Waals surface area (Å²) in [5.41, 5.74) is 2.52. The van der Waals surface area contributed by atoms with Crippen LogP contribution in [0.3, 0.4) is 0 Å². The van der Waals surface area contributed by atoms with Gasteiger partial charge in [0.25, 0.3) is 0 Å². The Balaban J connectivity index is 0.000000176.